The van der Waals surface area contributed by atoms with Crippen molar-refractivity contribution in [2.75, 3.05) is 6.54 Å². The van der Waals surface area contributed by atoms with E-state index < -0.39 is 33.9 Å². The van der Waals surface area contributed by atoms with Crippen LogP contribution in [-0.4, -0.2) is 38.0 Å². The maximum Gasteiger partial charge on any atom is 0.308 e. The highest BCUT2D eigenvalue weighted by Crippen LogP contribution is 2.11. The van der Waals surface area contributed by atoms with E-state index in [2.05, 4.69) is 10.0 Å². The monoisotopic (exact) mass is 328 g/mol. The molecular weight excluding hydrogens is 308 g/mol. The van der Waals surface area contributed by atoms with Crippen LogP contribution in [-0.2, 0) is 14.8 Å². The summed E-state index contributed by atoms with van der Waals surface area (Å²) in [4.78, 5) is 22.9. The smallest absolute Gasteiger partial charge is 0.308 e. The zero-order chi connectivity index (χ0) is 16.9. The predicted molar refractivity (Wildman–Crippen MR) is 81.0 cm³/mol. The van der Waals surface area contributed by atoms with Gasteiger partial charge in [-0.2, -0.15) is 0 Å². The first-order valence-electron chi connectivity index (χ1n) is 6.82. The van der Waals surface area contributed by atoms with Gasteiger partial charge in [-0.1, -0.05) is 6.92 Å². The van der Waals surface area contributed by atoms with E-state index in [9.17, 15) is 18.0 Å². The van der Waals surface area contributed by atoms with Crippen molar-refractivity contribution < 1.29 is 23.1 Å². The lowest BCUT2D eigenvalue weighted by Gasteiger charge is -2.17. The molecule has 0 saturated heterocycles. The molecule has 8 heteroatoms. The van der Waals surface area contributed by atoms with Crippen LogP contribution in [0.3, 0.4) is 0 Å². The van der Waals surface area contributed by atoms with Gasteiger partial charge in [0.25, 0.3) is 5.91 Å². The van der Waals surface area contributed by atoms with Crippen LogP contribution in [0.25, 0.3) is 0 Å². The van der Waals surface area contributed by atoms with Crippen molar-refractivity contribution in [1.82, 2.24) is 10.0 Å². The summed E-state index contributed by atoms with van der Waals surface area (Å²) in [7, 11) is -3.56. The second kappa shape index (κ2) is 7.37. The standard InChI is InChI=1S/C14H20N2O5S/c1-4-15-22(20,21)12-7-5-11(6-8-12)13(17)16-10(3)9(2)14(18)19/h5-10,15H,4H2,1-3H3,(H,16,17)(H,18,19). The Kier molecular flexibility index (Phi) is 6.07. The Labute approximate surface area is 129 Å². The molecule has 0 fully saturated rings. The number of sulfonamides is 1. The van der Waals surface area contributed by atoms with Crippen LogP contribution in [0.4, 0.5) is 0 Å². The molecule has 1 rings (SSSR count). The fourth-order valence-electron chi connectivity index (χ4n) is 1.69. The van der Waals surface area contributed by atoms with Crippen LogP contribution in [0.5, 0.6) is 0 Å². The van der Waals surface area contributed by atoms with E-state index in [1.165, 1.54) is 31.2 Å². The summed E-state index contributed by atoms with van der Waals surface area (Å²) < 4.78 is 25.9. The molecule has 0 heterocycles. The molecule has 2 atom stereocenters. The van der Waals surface area contributed by atoms with E-state index in [1.54, 1.807) is 13.8 Å². The van der Waals surface area contributed by atoms with Gasteiger partial charge in [-0.3, -0.25) is 9.59 Å². The number of hydrogen-bond acceptors (Lipinski definition) is 4. The maximum atomic E-state index is 12.0. The van der Waals surface area contributed by atoms with Crippen molar-refractivity contribution in [3.8, 4) is 0 Å². The topological polar surface area (TPSA) is 113 Å². The molecular formula is C14H20N2O5S. The lowest BCUT2D eigenvalue weighted by Crippen LogP contribution is -2.40. The van der Waals surface area contributed by atoms with Crippen molar-refractivity contribution in [3.63, 3.8) is 0 Å². The largest absolute Gasteiger partial charge is 0.481 e. The third kappa shape index (κ3) is 4.54. The Hall–Kier alpha value is -1.93. The number of carbonyl (C=O) groups is 2. The minimum Gasteiger partial charge on any atom is -0.481 e. The molecule has 0 bridgehead atoms. The highest BCUT2D eigenvalue weighted by Gasteiger charge is 2.21. The van der Waals surface area contributed by atoms with E-state index in [1.807, 2.05) is 0 Å². The van der Waals surface area contributed by atoms with Crippen LogP contribution < -0.4 is 10.0 Å². The van der Waals surface area contributed by atoms with Gasteiger partial charge in [0.2, 0.25) is 10.0 Å². The Balaban J connectivity index is 2.83. The number of aliphatic carboxylic acids is 1. The van der Waals surface area contributed by atoms with Gasteiger partial charge >= 0.3 is 5.97 Å². The molecule has 1 amide bonds. The SMILES string of the molecule is CCNS(=O)(=O)c1ccc(C(=O)NC(C)C(C)C(=O)O)cc1. The minimum absolute atomic E-state index is 0.0675. The van der Waals surface area contributed by atoms with Gasteiger partial charge in [0.15, 0.2) is 0 Å². The molecule has 1 aromatic rings. The Morgan fingerprint density at radius 2 is 1.73 bits per heavy atom. The highest BCUT2D eigenvalue weighted by atomic mass is 32.2. The van der Waals surface area contributed by atoms with Gasteiger partial charge in [-0.15, -0.1) is 0 Å². The molecule has 0 radical (unpaired) electrons. The summed E-state index contributed by atoms with van der Waals surface area (Å²) in [5.74, 6) is -2.18. The lowest BCUT2D eigenvalue weighted by atomic mass is 10.0. The molecule has 0 aliphatic heterocycles. The fraction of sp³-hybridized carbons (Fsp3) is 0.429. The molecule has 2 unspecified atom stereocenters. The number of carboxylic acid groups (broad SMARTS) is 1. The minimum atomic E-state index is -3.56. The van der Waals surface area contributed by atoms with Crippen molar-refractivity contribution in [2.45, 2.75) is 31.7 Å². The fourth-order valence-corrected chi connectivity index (χ4v) is 2.73. The second-order valence-corrected chi connectivity index (χ2v) is 6.68. The van der Waals surface area contributed by atoms with E-state index in [-0.39, 0.29) is 17.0 Å². The summed E-state index contributed by atoms with van der Waals surface area (Å²) in [6, 6.07) is 4.89. The molecule has 0 aliphatic carbocycles. The van der Waals surface area contributed by atoms with Gasteiger partial charge in [-0.25, -0.2) is 13.1 Å². The van der Waals surface area contributed by atoms with Crippen LogP contribution in [0, 0.1) is 5.92 Å². The quantitative estimate of drug-likeness (QED) is 0.686. The third-order valence-electron chi connectivity index (χ3n) is 3.26. The number of hydrogen-bond donors (Lipinski definition) is 3. The normalized spacial score (nSPS) is 14.1. The third-order valence-corrected chi connectivity index (χ3v) is 4.82. The zero-order valence-electron chi connectivity index (χ0n) is 12.7. The lowest BCUT2D eigenvalue weighted by molar-refractivity contribution is -0.141. The molecule has 0 aromatic heterocycles. The van der Waals surface area contributed by atoms with E-state index in [0.29, 0.717) is 0 Å². The van der Waals surface area contributed by atoms with E-state index >= 15 is 0 Å². The Bertz CT molecular complexity index is 640. The molecule has 7 nitrogen and oxygen atoms in total. The van der Waals surface area contributed by atoms with Crippen LogP contribution in [0.2, 0.25) is 0 Å². The summed E-state index contributed by atoms with van der Waals surface area (Å²) >= 11 is 0. The number of benzene rings is 1. The first kappa shape index (κ1) is 18.1. The number of amides is 1. The average Bonchev–Trinajstić information content (AvgIpc) is 2.46. The van der Waals surface area contributed by atoms with Gasteiger partial charge in [0.05, 0.1) is 10.8 Å². The molecule has 0 saturated carbocycles. The maximum absolute atomic E-state index is 12.0. The van der Waals surface area contributed by atoms with Crippen LogP contribution >= 0.6 is 0 Å². The van der Waals surface area contributed by atoms with Crippen molar-refractivity contribution >= 4 is 21.9 Å². The van der Waals surface area contributed by atoms with Gasteiger partial charge in [0, 0.05) is 18.2 Å². The number of nitrogens with one attached hydrogen (secondary N) is 2. The molecule has 122 valence electrons. The number of carbonyl (C=O) groups excluding carboxylic acids is 1. The summed E-state index contributed by atoms with van der Waals surface area (Å²) in [6.45, 7) is 5.04. The zero-order valence-corrected chi connectivity index (χ0v) is 13.5. The molecule has 22 heavy (non-hydrogen) atoms. The summed E-state index contributed by atoms with van der Waals surface area (Å²) in [5.41, 5.74) is 0.264. The number of carboxylic acids is 1. The molecule has 3 N–H and O–H groups in total. The molecule has 0 spiro atoms. The van der Waals surface area contributed by atoms with Crippen LogP contribution in [0.1, 0.15) is 31.1 Å². The summed E-state index contributed by atoms with van der Waals surface area (Å²) in [5, 5.41) is 11.5. The Morgan fingerprint density at radius 3 is 2.18 bits per heavy atom. The molecule has 1 aromatic carbocycles. The van der Waals surface area contributed by atoms with Gasteiger partial charge in [-0.05, 0) is 38.1 Å². The Morgan fingerprint density at radius 1 is 1.18 bits per heavy atom. The average molecular weight is 328 g/mol. The van der Waals surface area contributed by atoms with Crippen molar-refractivity contribution in [1.29, 1.82) is 0 Å². The van der Waals surface area contributed by atoms with Crippen molar-refractivity contribution in [2.24, 2.45) is 5.92 Å². The first-order valence-corrected chi connectivity index (χ1v) is 8.30. The van der Waals surface area contributed by atoms with E-state index in [4.69, 9.17) is 5.11 Å². The van der Waals surface area contributed by atoms with Gasteiger partial charge in [0.1, 0.15) is 0 Å². The van der Waals surface area contributed by atoms with E-state index in [0.717, 1.165) is 0 Å². The van der Waals surface area contributed by atoms with Gasteiger partial charge < -0.3 is 10.4 Å². The van der Waals surface area contributed by atoms with Crippen LogP contribution in [0.15, 0.2) is 29.2 Å². The van der Waals surface area contributed by atoms with Crippen molar-refractivity contribution in [3.05, 3.63) is 29.8 Å². The predicted octanol–water partition coefficient (Wildman–Crippen LogP) is 0.824. The highest BCUT2D eigenvalue weighted by molar-refractivity contribution is 7.89. The number of rotatable bonds is 7. The molecule has 0 aliphatic rings. The second-order valence-electron chi connectivity index (χ2n) is 4.91. The summed E-state index contributed by atoms with van der Waals surface area (Å²) in [6.07, 6.45) is 0. The first-order chi connectivity index (χ1) is 10.2.